The summed E-state index contributed by atoms with van der Waals surface area (Å²) in [4.78, 5) is 26.3. The zero-order valence-corrected chi connectivity index (χ0v) is 21.4. The van der Waals surface area contributed by atoms with E-state index in [1.165, 1.54) is 11.8 Å². The van der Waals surface area contributed by atoms with Crippen LogP contribution in [-0.2, 0) is 4.79 Å². The van der Waals surface area contributed by atoms with Crippen molar-refractivity contribution in [2.75, 3.05) is 11.1 Å². The summed E-state index contributed by atoms with van der Waals surface area (Å²) in [5.41, 5.74) is 4.22. The normalized spacial score (nSPS) is 15.2. The number of amides is 1. The second-order valence-electron chi connectivity index (χ2n) is 8.32. The largest absolute Gasteiger partial charge is 0.353 e. The molecule has 0 bridgehead atoms. The number of nitrogens with zero attached hydrogens (tertiary/aromatic N) is 1. The minimum Gasteiger partial charge on any atom is -0.353 e. The molecule has 180 valence electrons. The van der Waals surface area contributed by atoms with Crippen molar-refractivity contribution in [2.45, 2.75) is 19.8 Å². The smallest absolute Gasteiger partial charge is 0.254 e. The molecule has 1 atom stereocenters. The molecule has 0 saturated heterocycles. The maximum absolute atomic E-state index is 13.6. The van der Waals surface area contributed by atoms with Crippen molar-refractivity contribution in [2.24, 2.45) is 0 Å². The highest BCUT2D eigenvalue weighted by Crippen LogP contribution is 2.43. The van der Waals surface area contributed by atoms with E-state index < -0.39 is 5.92 Å². The average Bonchev–Trinajstić information content (AvgIpc) is 2.89. The summed E-state index contributed by atoms with van der Waals surface area (Å²) in [6.07, 6.45) is 0. The molecule has 0 fully saturated rings. The zero-order chi connectivity index (χ0) is 25.7. The quantitative estimate of drug-likeness (QED) is 0.348. The van der Waals surface area contributed by atoms with Crippen LogP contribution in [0.5, 0.6) is 0 Å². The third kappa shape index (κ3) is 5.38. The summed E-state index contributed by atoms with van der Waals surface area (Å²) < 4.78 is 0. The Morgan fingerprint density at radius 1 is 1.00 bits per heavy atom. The lowest BCUT2D eigenvalue weighted by molar-refractivity contribution is -0.113. The Morgan fingerprint density at radius 2 is 1.67 bits per heavy atom. The lowest BCUT2D eigenvalue weighted by Crippen LogP contribution is -2.31. The molecular weight excluding hydrogens is 490 g/mol. The molecular formula is C29H24ClN3O2S. The van der Waals surface area contributed by atoms with Gasteiger partial charge in [-0.3, -0.25) is 9.59 Å². The van der Waals surface area contributed by atoms with Gasteiger partial charge in [0.2, 0.25) is 0 Å². The van der Waals surface area contributed by atoms with Gasteiger partial charge in [0.05, 0.1) is 28.3 Å². The molecule has 0 saturated carbocycles. The number of hydrogen-bond donors (Lipinski definition) is 2. The van der Waals surface area contributed by atoms with E-state index in [0.29, 0.717) is 43.7 Å². The molecule has 7 heteroatoms. The number of hydrogen-bond acceptors (Lipinski definition) is 5. The number of carbonyl (C=O) groups is 2. The molecule has 1 amide bonds. The summed E-state index contributed by atoms with van der Waals surface area (Å²) in [6.45, 7) is 3.71. The van der Waals surface area contributed by atoms with Crippen LogP contribution in [0.1, 0.15) is 34.3 Å². The van der Waals surface area contributed by atoms with E-state index in [1.54, 1.807) is 31.2 Å². The van der Waals surface area contributed by atoms with Crippen LogP contribution in [0.4, 0.5) is 5.69 Å². The zero-order valence-electron chi connectivity index (χ0n) is 19.8. The fraction of sp³-hybridized carbons (Fsp3) is 0.138. The molecule has 36 heavy (non-hydrogen) atoms. The second kappa shape index (κ2) is 11.3. The minimum atomic E-state index is -0.691. The Morgan fingerprint density at radius 3 is 2.36 bits per heavy atom. The number of benzene rings is 3. The second-order valence-corrected chi connectivity index (χ2v) is 9.71. The Labute approximate surface area is 219 Å². The maximum atomic E-state index is 13.6. The number of aryl methyl sites for hydroxylation is 1. The van der Waals surface area contributed by atoms with Gasteiger partial charge in [-0.2, -0.15) is 5.26 Å². The van der Waals surface area contributed by atoms with Crippen molar-refractivity contribution in [3.8, 4) is 6.07 Å². The summed E-state index contributed by atoms with van der Waals surface area (Å²) in [5.74, 6) is -0.920. The summed E-state index contributed by atoms with van der Waals surface area (Å²) >= 11 is 7.82. The molecule has 3 aromatic rings. The summed E-state index contributed by atoms with van der Waals surface area (Å²) in [5, 5.41) is 17.4. The number of para-hydroxylation sites is 1. The van der Waals surface area contributed by atoms with E-state index in [4.69, 9.17) is 11.6 Å². The molecule has 1 heterocycles. The third-order valence-electron chi connectivity index (χ3n) is 5.94. The maximum Gasteiger partial charge on any atom is 0.254 e. The molecule has 0 aliphatic carbocycles. The highest BCUT2D eigenvalue weighted by Gasteiger charge is 2.36. The predicted molar refractivity (Wildman–Crippen MR) is 146 cm³/mol. The lowest BCUT2D eigenvalue weighted by Gasteiger charge is -2.30. The van der Waals surface area contributed by atoms with E-state index in [1.807, 2.05) is 61.5 Å². The SMILES string of the molecule is CC1=C(C(=O)Nc2ccccc2C)C(c2ccccc2Cl)C(C#N)=C(SCC(=O)c2ccccc2)N1. The van der Waals surface area contributed by atoms with Crippen molar-refractivity contribution >= 4 is 40.7 Å². The number of nitriles is 1. The molecule has 1 unspecified atom stereocenters. The van der Waals surface area contributed by atoms with Gasteiger partial charge in [-0.25, -0.2) is 0 Å². The van der Waals surface area contributed by atoms with Gasteiger partial charge in [0.25, 0.3) is 5.91 Å². The first-order valence-corrected chi connectivity index (χ1v) is 12.7. The van der Waals surface area contributed by atoms with Crippen LogP contribution in [0.25, 0.3) is 0 Å². The van der Waals surface area contributed by atoms with E-state index in [2.05, 4.69) is 16.7 Å². The number of nitrogens with one attached hydrogen (secondary N) is 2. The van der Waals surface area contributed by atoms with Crippen LogP contribution in [0.15, 0.2) is 101 Å². The number of Topliss-reactive ketones (excluding diaryl/α,β-unsaturated/α-hetero) is 1. The molecule has 5 nitrogen and oxygen atoms in total. The van der Waals surface area contributed by atoms with Crippen LogP contribution in [0.2, 0.25) is 5.02 Å². The van der Waals surface area contributed by atoms with Crippen molar-refractivity contribution in [3.05, 3.63) is 122 Å². The number of ketones is 1. The van der Waals surface area contributed by atoms with E-state index in [-0.39, 0.29) is 17.4 Å². The van der Waals surface area contributed by atoms with Gasteiger partial charge in [0, 0.05) is 27.5 Å². The first-order chi connectivity index (χ1) is 17.4. The standard InChI is InChI=1S/C29H24ClN3O2S/c1-18-10-6-9-15-24(18)33-28(35)26-19(2)32-29(36-17-25(34)20-11-4-3-5-12-20)22(16-31)27(26)21-13-7-8-14-23(21)30/h3-15,27,32H,17H2,1-2H3,(H,33,35). The Bertz CT molecular complexity index is 1420. The Kier molecular flexibility index (Phi) is 7.94. The van der Waals surface area contributed by atoms with Crippen LogP contribution in [0, 0.1) is 18.3 Å². The van der Waals surface area contributed by atoms with Gasteiger partial charge >= 0.3 is 0 Å². The topological polar surface area (TPSA) is 82.0 Å². The van der Waals surface area contributed by atoms with Crippen LogP contribution in [0.3, 0.4) is 0 Å². The number of anilines is 1. The van der Waals surface area contributed by atoms with Crippen molar-refractivity contribution in [3.63, 3.8) is 0 Å². The first-order valence-electron chi connectivity index (χ1n) is 11.3. The van der Waals surface area contributed by atoms with Gasteiger partial charge in [-0.1, -0.05) is 90.1 Å². The summed E-state index contributed by atoms with van der Waals surface area (Å²) in [6, 6.07) is 26.0. The lowest BCUT2D eigenvalue weighted by atomic mass is 9.82. The molecule has 3 aromatic carbocycles. The molecule has 0 radical (unpaired) electrons. The van der Waals surface area contributed by atoms with Gasteiger partial charge in [0.15, 0.2) is 5.78 Å². The van der Waals surface area contributed by atoms with E-state index >= 15 is 0 Å². The van der Waals surface area contributed by atoms with Crippen LogP contribution < -0.4 is 10.6 Å². The van der Waals surface area contributed by atoms with Gasteiger partial charge in [-0.15, -0.1) is 0 Å². The molecule has 4 rings (SSSR count). The fourth-order valence-corrected chi connectivity index (χ4v) is 5.33. The van der Waals surface area contributed by atoms with Crippen LogP contribution >= 0.6 is 23.4 Å². The van der Waals surface area contributed by atoms with Gasteiger partial charge in [0.1, 0.15) is 0 Å². The van der Waals surface area contributed by atoms with Crippen molar-refractivity contribution in [1.82, 2.24) is 5.32 Å². The number of allylic oxidation sites excluding steroid dienone is 2. The number of thioether (sulfide) groups is 1. The molecule has 2 N–H and O–H groups in total. The van der Waals surface area contributed by atoms with Gasteiger partial charge in [-0.05, 0) is 37.1 Å². The summed E-state index contributed by atoms with van der Waals surface area (Å²) in [7, 11) is 0. The predicted octanol–water partition coefficient (Wildman–Crippen LogP) is 6.60. The molecule has 0 aromatic heterocycles. The minimum absolute atomic E-state index is 0.0498. The van der Waals surface area contributed by atoms with Crippen LogP contribution in [-0.4, -0.2) is 17.4 Å². The Balaban J connectivity index is 1.72. The number of rotatable bonds is 7. The average molecular weight is 514 g/mol. The van der Waals surface area contributed by atoms with Gasteiger partial charge < -0.3 is 10.6 Å². The number of halogens is 1. The number of dihydropyridines is 1. The fourth-order valence-electron chi connectivity index (χ4n) is 4.10. The third-order valence-corrected chi connectivity index (χ3v) is 7.31. The van der Waals surface area contributed by atoms with Crippen molar-refractivity contribution < 1.29 is 9.59 Å². The van der Waals surface area contributed by atoms with E-state index in [9.17, 15) is 14.9 Å². The molecule has 1 aliphatic rings. The number of carbonyl (C=O) groups excluding carboxylic acids is 2. The highest BCUT2D eigenvalue weighted by atomic mass is 35.5. The van der Waals surface area contributed by atoms with Crippen molar-refractivity contribution in [1.29, 1.82) is 5.26 Å². The van der Waals surface area contributed by atoms with E-state index in [0.717, 1.165) is 5.56 Å². The monoisotopic (exact) mass is 513 g/mol. The Hall–Kier alpha value is -3.79. The highest BCUT2D eigenvalue weighted by molar-refractivity contribution is 8.03. The molecule has 1 aliphatic heterocycles. The molecule has 0 spiro atoms. The first kappa shape index (κ1) is 25.3.